The zero-order chi connectivity index (χ0) is 28.5. The van der Waals surface area contributed by atoms with Gasteiger partial charge in [-0.05, 0) is 25.5 Å². The maximum absolute atomic E-state index is 13.3. The molecule has 0 bridgehead atoms. The molecule has 0 aromatic carbocycles. The van der Waals surface area contributed by atoms with E-state index in [2.05, 4.69) is 15.4 Å². The largest absolute Gasteiger partial charge is 0.423 e. The number of aromatic nitrogens is 3. The van der Waals surface area contributed by atoms with Gasteiger partial charge in [-0.3, -0.25) is 9.59 Å². The molecule has 4 rings (SSSR count). The quantitative estimate of drug-likeness (QED) is 0.486. The zero-order valence-corrected chi connectivity index (χ0v) is 19.7. The molecule has 2 aliphatic rings. The minimum atomic E-state index is -5.01. The Balaban J connectivity index is 1.38. The predicted molar refractivity (Wildman–Crippen MR) is 125 cm³/mol. The number of nitrogens with one attached hydrogen (secondary N) is 2. The molecule has 4 heterocycles. The molecule has 0 aliphatic carbocycles. The van der Waals surface area contributed by atoms with E-state index in [4.69, 9.17) is 12.7 Å². The van der Waals surface area contributed by atoms with Gasteiger partial charge in [-0.1, -0.05) is 0 Å². The Hall–Kier alpha value is -3.70. The lowest BCUT2D eigenvalue weighted by atomic mass is 10.00. The highest BCUT2D eigenvalue weighted by Crippen LogP contribution is 2.32. The molecule has 2 aromatic heterocycles. The first kappa shape index (κ1) is 23.7. The molecule has 0 unspecified atom stereocenters. The number of alkyl halides is 3. The van der Waals surface area contributed by atoms with Crippen LogP contribution in [0.3, 0.4) is 0 Å². The summed E-state index contributed by atoms with van der Waals surface area (Å²) in [6.45, 7) is -0.523. The first-order valence-electron chi connectivity index (χ1n) is 12.5. The molecule has 2 aromatic rings. The summed E-state index contributed by atoms with van der Waals surface area (Å²) in [6, 6.07) is 3.33. The van der Waals surface area contributed by atoms with Crippen molar-refractivity contribution in [3.8, 4) is 6.07 Å². The van der Waals surface area contributed by atoms with E-state index < -0.39 is 59.7 Å². The lowest BCUT2D eigenvalue weighted by Gasteiger charge is -2.40. The SMILES string of the molecule is [2H]C([2H])(O[C@@H]1CCN([C@@H]2CCN(c3ccc(C#N)cn3)C[C@H]2O)C1=O)[C@H](C)Nc1cn[nH]c(=O)c1C(F)(F)F. The highest BCUT2D eigenvalue weighted by Gasteiger charge is 2.42. The van der Waals surface area contributed by atoms with Crippen LogP contribution in [-0.4, -0.2) is 81.6 Å². The van der Waals surface area contributed by atoms with Crippen molar-refractivity contribution in [3.05, 3.63) is 46.0 Å². The summed E-state index contributed by atoms with van der Waals surface area (Å²) in [4.78, 5) is 32.3. The van der Waals surface area contributed by atoms with Gasteiger partial charge in [0.05, 0.1) is 38.9 Å². The number of nitrogens with zero attached hydrogens (tertiary/aromatic N) is 5. The van der Waals surface area contributed by atoms with Gasteiger partial charge in [0.1, 0.15) is 23.6 Å². The van der Waals surface area contributed by atoms with Crippen LogP contribution in [0.15, 0.2) is 29.3 Å². The van der Waals surface area contributed by atoms with E-state index >= 15 is 0 Å². The number of halogens is 3. The highest BCUT2D eigenvalue weighted by atomic mass is 19.4. The number of pyridine rings is 1. The number of likely N-dealkylation sites (tertiary alicyclic amines) is 1. The normalized spacial score (nSPS) is 24.3. The fraction of sp³-hybridized carbons (Fsp3) is 0.522. The van der Waals surface area contributed by atoms with Crippen molar-refractivity contribution in [2.75, 3.05) is 36.4 Å². The van der Waals surface area contributed by atoms with Crippen LogP contribution in [0.5, 0.6) is 0 Å². The summed E-state index contributed by atoms with van der Waals surface area (Å²) in [5.41, 5.74) is -3.36. The zero-order valence-electron chi connectivity index (χ0n) is 21.7. The van der Waals surface area contributed by atoms with Gasteiger partial charge in [0.15, 0.2) is 0 Å². The lowest BCUT2D eigenvalue weighted by Crippen LogP contribution is -2.55. The molecule has 3 N–H and O–H groups in total. The number of aliphatic hydroxyl groups excluding tert-OH is 1. The predicted octanol–water partition coefficient (Wildman–Crippen LogP) is 1.11. The molecular formula is C23H26F3N7O4. The van der Waals surface area contributed by atoms with E-state index in [0.717, 1.165) is 6.20 Å². The topological polar surface area (TPSA) is 147 Å². The van der Waals surface area contributed by atoms with Crippen molar-refractivity contribution in [1.82, 2.24) is 20.1 Å². The number of amides is 1. The Morgan fingerprint density at radius 1 is 1.35 bits per heavy atom. The molecule has 11 nitrogen and oxygen atoms in total. The first-order valence-corrected chi connectivity index (χ1v) is 11.5. The second kappa shape index (κ2) is 10.7. The Morgan fingerprint density at radius 2 is 2.14 bits per heavy atom. The van der Waals surface area contributed by atoms with Gasteiger partial charge in [-0.15, -0.1) is 0 Å². The van der Waals surface area contributed by atoms with Gasteiger partial charge >= 0.3 is 6.18 Å². The molecule has 2 aliphatic heterocycles. The van der Waals surface area contributed by atoms with Crippen LogP contribution in [0.2, 0.25) is 0 Å². The molecule has 2 saturated heterocycles. The minimum absolute atomic E-state index is 0.121. The average Bonchev–Trinajstić information content (AvgIpc) is 3.22. The smallest absolute Gasteiger partial charge is 0.389 e. The minimum Gasteiger partial charge on any atom is -0.389 e. The molecule has 4 atom stereocenters. The van der Waals surface area contributed by atoms with Gasteiger partial charge in [-0.2, -0.15) is 23.5 Å². The Kier molecular flexibility index (Phi) is 6.87. The summed E-state index contributed by atoms with van der Waals surface area (Å²) in [5.74, 6) is 0.0494. The Morgan fingerprint density at radius 3 is 2.78 bits per heavy atom. The number of piperidine rings is 1. The van der Waals surface area contributed by atoms with Crippen LogP contribution in [-0.2, 0) is 15.7 Å². The van der Waals surface area contributed by atoms with Gasteiger partial charge < -0.3 is 25.0 Å². The third-order valence-electron chi connectivity index (χ3n) is 6.24. The maximum Gasteiger partial charge on any atom is 0.423 e. The summed E-state index contributed by atoms with van der Waals surface area (Å²) in [6.07, 6.45) is -4.48. The number of hydrogen-bond donors (Lipinski definition) is 3. The number of rotatable bonds is 7. The highest BCUT2D eigenvalue weighted by molar-refractivity contribution is 5.83. The summed E-state index contributed by atoms with van der Waals surface area (Å²) >= 11 is 0. The van der Waals surface area contributed by atoms with Crippen molar-refractivity contribution < 1.29 is 30.6 Å². The van der Waals surface area contributed by atoms with Crippen molar-refractivity contribution in [3.63, 3.8) is 0 Å². The summed E-state index contributed by atoms with van der Waals surface area (Å²) in [7, 11) is 0. The number of β-amino-alcohol motifs (C(OH)–C–C–N with tert-alkyl or cyclic N) is 1. The molecular weight excluding hydrogens is 495 g/mol. The third-order valence-corrected chi connectivity index (χ3v) is 6.24. The molecule has 0 saturated carbocycles. The second-order valence-corrected chi connectivity index (χ2v) is 8.78. The average molecular weight is 524 g/mol. The van der Waals surface area contributed by atoms with Crippen LogP contribution in [0.4, 0.5) is 24.7 Å². The van der Waals surface area contributed by atoms with Gasteiger partial charge in [0.2, 0.25) is 0 Å². The van der Waals surface area contributed by atoms with Gasteiger partial charge in [-0.25, -0.2) is 10.1 Å². The van der Waals surface area contributed by atoms with E-state index in [-0.39, 0.29) is 19.5 Å². The number of ether oxygens (including phenoxy) is 1. The number of anilines is 2. The van der Waals surface area contributed by atoms with Crippen molar-refractivity contribution in [2.24, 2.45) is 0 Å². The van der Waals surface area contributed by atoms with Crippen molar-refractivity contribution >= 4 is 17.4 Å². The number of H-pyrrole nitrogens is 1. The van der Waals surface area contributed by atoms with E-state index in [0.29, 0.717) is 24.3 Å². The van der Waals surface area contributed by atoms with Crippen LogP contribution in [0.25, 0.3) is 0 Å². The molecule has 2 fully saturated rings. The summed E-state index contributed by atoms with van der Waals surface area (Å²) < 4.78 is 62.0. The van der Waals surface area contributed by atoms with Gasteiger partial charge in [0, 0.05) is 38.3 Å². The molecule has 14 heteroatoms. The number of aromatic amines is 1. The van der Waals surface area contributed by atoms with Crippen LogP contribution in [0, 0.1) is 11.3 Å². The number of aliphatic hydroxyl groups is 1. The fourth-order valence-corrected chi connectivity index (χ4v) is 4.48. The van der Waals surface area contributed by atoms with Gasteiger partial charge in [0.25, 0.3) is 11.5 Å². The van der Waals surface area contributed by atoms with Crippen LogP contribution < -0.4 is 15.8 Å². The first-order chi connectivity index (χ1) is 18.3. The number of hydrogen-bond acceptors (Lipinski definition) is 9. The van der Waals surface area contributed by atoms with E-state index in [1.54, 1.807) is 17.2 Å². The fourth-order valence-electron chi connectivity index (χ4n) is 4.48. The third kappa shape index (κ3) is 5.83. The van der Waals surface area contributed by atoms with E-state index in [1.807, 2.05) is 11.0 Å². The maximum atomic E-state index is 13.3. The van der Waals surface area contributed by atoms with Crippen molar-refractivity contribution in [1.29, 1.82) is 5.26 Å². The molecule has 0 radical (unpaired) electrons. The molecule has 198 valence electrons. The number of nitriles is 1. The lowest BCUT2D eigenvalue weighted by molar-refractivity contribution is -0.141. The molecule has 37 heavy (non-hydrogen) atoms. The van der Waals surface area contributed by atoms with Crippen LogP contribution in [0.1, 0.15) is 33.6 Å². The number of carbonyl (C=O) groups is 1. The van der Waals surface area contributed by atoms with Crippen molar-refractivity contribution in [2.45, 2.75) is 50.2 Å². The van der Waals surface area contributed by atoms with Crippen LogP contribution >= 0.6 is 0 Å². The summed E-state index contributed by atoms with van der Waals surface area (Å²) in [5, 5.41) is 27.1. The second-order valence-electron chi connectivity index (χ2n) is 8.78. The van der Waals surface area contributed by atoms with E-state index in [9.17, 15) is 27.9 Å². The number of carbonyl (C=O) groups excluding carboxylic acids is 1. The Labute approximate surface area is 212 Å². The molecule has 0 spiro atoms. The Bertz CT molecular complexity index is 1300. The molecule has 1 amide bonds. The van der Waals surface area contributed by atoms with E-state index in [1.165, 1.54) is 18.0 Å². The standard InChI is InChI=1S/C23H26F3N7O4/c1-13(30-15-10-29-31-21(35)20(15)23(24,25)26)12-37-18-5-7-33(22(18)36)16-4-6-32(11-17(16)34)19-3-2-14(8-27)9-28-19/h2-3,9-10,13,16-18,34H,4-7,11-12H2,1H3,(H2,30,31,35)/t13-,16+,17+,18+/m0/s1/i12D2. The monoisotopic (exact) mass is 523 g/mol.